The Balaban J connectivity index is 0.00000121. The van der Waals surface area contributed by atoms with Crippen molar-refractivity contribution in [3.05, 3.63) is 0 Å². The highest BCUT2D eigenvalue weighted by atomic mass is 35.5. The molecule has 0 spiro atoms. The third-order valence-corrected chi connectivity index (χ3v) is 1.68. The molecule has 1 heterocycles. The van der Waals surface area contributed by atoms with Crippen molar-refractivity contribution in [2.45, 2.75) is 25.5 Å². The van der Waals surface area contributed by atoms with Crippen molar-refractivity contribution in [1.29, 1.82) is 0 Å². The van der Waals surface area contributed by atoms with Gasteiger partial charge >= 0.3 is 5.97 Å². The molecular formula is C7H14ClNO3. The van der Waals surface area contributed by atoms with Gasteiger partial charge in [-0.1, -0.05) is 0 Å². The lowest BCUT2D eigenvalue weighted by molar-refractivity contribution is -0.141. The summed E-state index contributed by atoms with van der Waals surface area (Å²) < 4.78 is 5.26. The van der Waals surface area contributed by atoms with Crippen LogP contribution >= 0.6 is 12.4 Å². The summed E-state index contributed by atoms with van der Waals surface area (Å²) in [5, 5.41) is 11.6. The van der Waals surface area contributed by atoms with Gasteiger partial charge in [-0.3, -0.25) is 4.79 Å². The van der Waals surface area contributed by atoms with Crippen molar-refractivity contribution in [1.82, 2.24) is 5.32 Å². The highest BCUT2D eigenvalue weighted by molar-refractivity contribution is 5.85. The van der Waals surface area contributed by atoms with E-state index in [1.165, 1.54) is 0 Å². The minimum absolute atomic E-state index is 0. The molecule has 72 valence electrons. The van der Waals surface area contributed by atoms with Crippen molar-refractivity contribution in [3.63, 3.8) is 0 Å². The van der Waals surface area contributed by atoms with E-state index < -0.39 is 5.97 Å². The van der Waals surface area contributed by atoms with Gasteiger partial charge in [-0.15, -0.1) is 12.4 Å². The van der Waals surface area contributed by atoms with E-state index in [4.69, 9.17) is 9.84 Å². The lowest BCUT2D eigenvalue weighted by Gasteiger charge is -2.27. The first-order chi connectivity index (χ1) is 5.18. The van der Waals surface area contributed by atoms with E-state index in [0.29, 0.717) is 19.2 Å². The Morgan fingerprint density at radius 1 is 1.75 bits per heavy atom. The van der Waals surface area contributed by atoms with Gasteiger partial charge in [-0.05, 0) is 6.92 Å². The van der Waals surface area contributed by atoms with Crippen LogP contribution in [-0.4, -0.2) is 36.4 Å². The first kappa shape index (κ1) is 11.7. The smallest absolute Gasteiger partial charge is 0.306 e. The summed E-state index contributed by atoms with van der Waals surface area (Å²) >= 11 is 0. The molecular weight excluding hydrogens is 182 g/mol. The molecule has 2 atom stereocenters. The second-order valence-corrected chi connectivity index (χ2v) is 2.86. The largest absolute Gasteiger partial charge is 0.481 e. The van der Waals surface area contributed by atoms with Crippen molar-refractivity contribution in [3.8, 4) is 0 Å². The van der Waals surface area contributed by atoms with E-state index in [1.807, 2.05) is 6.92 Å². The number of morpholine rings is 1. The Bertz CT molecular complexity index is 146. The Kier molecular flexibility index (Phi) is 5.20. The van der Waals surface area contributed by atoms with Gasteiger partial charge in [0.1, 0.15) is 0 Å². The third-order valence-electron chi connectivity index (χ3n) is 1.68. The molecule has 5 heteroatoms. The molecule has 0 saturated carbocycles. The number of aliphatic carboxylic acids is 1. The minimum Gasteiger partial charge on any atom is -0.481 e. The average molecular weight is 196 g/mol. The van der Waals surface area contributed by atoms with Gasteiger partial charge in [-0.2, -0.15) is 0 Å². The number of nitrogens with one attached hydrogen (secondary N) is 1. The van der Waals surface area contributed by atoms with Crippen LogP contribution in [0.2, 0.25) is 0 Å². The van der Waals surface area contributed by atoms with E-state index in [-0.39, 0.29) is 24.9 Å². The fraction of sp³-hybridized carbons (Fsp3) is 0.857. The van der Waals surface area contributed by atoms with Crippen LogP contribution in [0.1, 0.15) is 13.3 Å². The van der Waals surface area contributed by atoms with Gasteiger partial charge in [0.25, 0.3) is 0 Å². The molecule has 0 amide bonds. The van der Waals surface area contributed by atoms with Crippen LogP contribution in [0.3, 0.4) is 0 Å². The molecule has 0 aromatic heterocycles. The number of carboxylic acids is 1. The minimum atomic E-state index is -0.800. The number of carboxylic acid groups (broad SMARTS) is 1. The fourth-order valence-corrected chi connectivity index (χ4v) is 1.06. The van der Waals surface area contributed by atoms with Crippen LogP contribution in [0, 0.1) is 0 Å². The molecule has 1 aliphatic rings. The first-order valence-electron chi connectivity index (χ1n) is 3.75. The van der Waals surface area contributed by atoms with Crippen molar-refractivity contribution >= 4 is 18.4 Å². The molecule has 1 fully saturated rings. The predicted molar refractivity (Wildman–Crippen MR) is 46.7 cm³/mol. The normalized spacial score (nSPS) is 29.1. The molecule has 1 rings (SSSR count). The second-order valence-electron chi connectivity index (χ2n) is 2.86. The first-order valence-corrected chi connectivity index (χ1v) is 3.75. The predicted octanol–water partition coefficient (Wildman–Crippen LogP) is 0.260. The molecule has 1 saturated heterocycles. The molecule has 4 nitrogen and oxygen atoms in total. The lowest BCUT2D eigenvalue weighted by atomic mass is 10.2. The van der Waals surface area contributed by atoms with E-state index in [2.05, 4.69) is 5.32 Å². The highest BCUT2D eigenvalue weighted by Crippen LogP contribution is 2.04. The van der Waals surface area contributed by atoms with Crippen LogP contribution in [0.5, 0.6) is 0 Å². The number of halogens is 1. The van der Waals surface area contributed by atoms with Gasteiger partial charge in [0, 0.05) is 12.6 Å². The number of carbonyl (C=O) groups is 1. The van der Waals surface area contributed by atoms with Crippen LogP contribution in [0.4, 0.5) is 0 Å². The van der Waals surface area contributed by atoms with Crippen molar-refractivity contribution in [2.24, 2.45) is 0 Å². The molecule has 0 radical (unpaired) electrons. The third kappa shape index (κ3) is 3.90. The summed E-state index contributed by atoms with van der Waals surface area (Å²) in [7, 11) is 0. The molecule has 0 bridgehead atoms. The second kappa shape index (κ2) is 5.35. The van der Waals surface area contributed by atoms with Gasteiger partial charge in [0.15, 0.2) is 0 Å². The maximum Gasteiger partial charge on any atom is 0.306 e. The molecule has 2 N–H and O–H groups in total. The van der Waals surface area contributed by atoms with Crippen LogP contribution in [0.25, 0.3) is 0 Å². The van der Waals surface area contributed by atoms with E-state index in [1.54, 1.807) is 0 Å². The quantitative estimate of drug-likeness (QED) is 0.664. The molecule has 2 unspecified atom stereocenters. The van der Waals surface area contributed by atoms with Crippen molar-refractivity contribution < 1.29 is 14.6 Å². The topological polar surface area (TPSA) is 58.6 Å². The monoisotopic (exact) mass is 195 g/mol. The number of hydrogen-bond acceptors (Lipinski definition) is 3. The van der Waals surface area contributed by atoms with Gasteiger partial charge in [-0.25, -0.2) is 0 Å². The van der Waals surface area contributed by atoms with Crippen molar-refractivity contribution in [2.75, 3.05) is 13.2 Å². The molecule has 0 aromatic carbocycles. The Morgan fingerprint density at radius 3 is 2.83 bits per heavy atom. The van der Waals surface area contributed by atoms with Gasteiger partial charge < -0.3 is 15.2 Å². The zero-order valence-corrected chi connectivity index (χ0v) is 7.76. The van der Waals surface area contributed by atoms with Crippen LogP contribution in [0.15, 0.2) is 0 Å². The lowest BCUT2D eigenvalue weighted by Crippen LogP contribution is -2.45. The highest BCUT2D eigenvalue weighted by Gasteiger charge is 2.19. The Labute approximate surface area is 77.7 Å². The Hall–Kier alpha value is -0.320. The number of hydrogen-bond donors (Lipinski definition) is 2. The summed E-state index contributed by atoms with van der Waals surface area (Å²) in [6.07, 6.45) is -0.0524. The van der Waals surface area contributed by atoms with E-state index in [9.17, 15) is 4.79 Å². The Morgan fingerprint density at radius 2 is 2.42 bits per heavy atom. The molecule has 0 aromatic rings. The summed E-state index contributed by atoms with van der Waals surface area (Å²) in [5.74, 6) is -0.800. The zero-order valence-electron chi connectivity index (χ0n) is 6.95. The van der Waals surface area contributed by atoms with E-state index >= 15 is 0 Å². The van der Waals surface area contributed by atoms with Gasteiger partial charge in [0.2, 0.25) is 0 Å². The maximum atomic E-state index is 10.2. The fourth-order valence-electron chi connectivity index (χ4n) is 1.06. The molecule has 12 heavy (non-hydrogen) atoms. The van der Waals surface area contributed by atoms with E-state index in [0.717, 1.165) is 0 Å². The summed E-state index contributed by atoms with van der Waals surface area (Å²) in [6, 6.07) is 0.347. The van der Waals surface area contributed by atoms with Crippen LogP contribution in [-0.2, 0) is 9.53 Å². The SMILES string of the molecule is CC1COC(CC(=O)O)CN1.Cl. The number of rotatable bonds is 2. The standard InChI is InChI=1S/C7H13NO3.ClH/c1-5-4-11-6(3-8-5)2-7(9)10;/h5-6,8H,2-4H2,1H3,(H,9,10);1H. The molecule has 1 aliphatic heterocycles. The average Bonchev–Trinajstić information content (AvgIpc) is 1.93. The van der Waals surface area contributed by atoms with Crippen LogP contribution < -0.4 is 5.32 Å². The maximum absolute atomic E-state index is 10.2. The van der Waals surface area contributed by atoms with Gasteiger partial charge in [0.05, 0.1) is 19.1 Å². The summed E-state index contributed by atoms with van der Waals surface area (Å²) in [6.45, 7) is 3.27. The zero-order chi connectivity index (χ0) is 8.27. The molecule has 0 aliphatic carbocycles. The number of ether oxygens (including phenoxy) is 1. The summed E-state index contributed by atoms with van der Waals surface area (Å²) in [5.41, 5.74) is 0. The summed E-state index contributed by atoms with van der Waals surface area (Å²) in [4.78, 5) is 10.2.